The fraction of sp³-hybridized carbons (Fsp3) is 0.0882. The van der Waals surface area contributed by atoms with E-state index in [2.05, 4.69) is 42.5 Å². The molecule has 37 heavy (non-hydrogen) atoms. The van der Waals surface area contributed by atoms with Crippen LogP contribution in [0.1, 0.15) is 34.0 Å². The van der Waals surface area contributed by atoms with Crippen molar-refractivity contribution in [3.05, 3.63) is 144 Å². The van der Waals surface area contributed by atoms with Crippen molar-refractivity contribution in [1.82, 2.24) is 0 Å². The first-order valence-electron chi connectivity index (χ1n) is 12.5. The molecule has 6 rings (SSSR count). The van der Waals surface area contributed by atoms with Crippen LogP contribution < -0.4 is 4.74 Å². The average molecular weight is 483 g/mol. The Labute approximate surface area is 216 Å². The number of benzene rings is 5. The summed E-state index contributed by atoms with van der Waals surface area (Å²) < 4.78 is 12.7. The van der Waals surface area contributed by atoms with Gasteiger partial charge in [0.25, 0.3) is 0 Å². The first-order valence-corrected chi connectivity index (χ1v) is 12.5. The highest BCUT2D eigenvalue weighted by Gasteiger charge is 2.39. The van der Waals surface area contributed by atoms with Crippen molar-refractivity contribution in [1.29, 1.82) is 0 Å². The minimum atomic E-state index is -0.849. The molecule has 5 aromatic rings. The summed E-state index contributed by atoms with van der Waals surface area (Å²) in [7, 11) is 0. The Bertz CT molecular complexity index is 1560. The van der Waals surface area contributed by atoms with Crippen molar-refractivity contribution in [2.24, 2.45) is 0 Å². The fourth-order valence-electron chi connectivity index (χ4n) is 5.26. The van der Waals surface area contributed by atoms with Crippen LogP contribution in [0.25, 0.3) is 28.0 Å². The van der Waals surface area contributed by atoms with Gasteiger partial charge in [0.15, 0.2) is 5.60 Å². The van der Waals surface area contributed by atoms with Gasteiger partial charge in [-0.3, -0.25) is 0 Å². The lowest BCUT2D eigenvalue weighted by Gasteiger charge is -2.37. The minimum absolute atomic E-state index is 0.289. The zero-order valence-electron chi connectivity index (χ0n) is 20.6. The molecule has 0 fully saturated rings. The van der Waals surface area contributed by atoms with Crippen LogP contribution in [-0.4, -0.2) is 12.6 Å². The predicted molar refractivity (Wildman–Crippen MR) is 149 cm³/mol. The highest BCUT2D eigenvalue weighted by molar-refractivity contribution is 6.14. The molecule has 0 atom stereocenters. The summed E-state index contributed by atoms with van der Waals surface area (Å²) in [6, 6.07) is 38.5. The number of carbonyl (C=O) groups is 1. The van der Waals surface area contributed by atoms with E-state index in [-0.39, 0.29) is 12.6 Å². The molecule has 180 valence electrons. The van der Waals surface area contributed by atoms with Crippen LogP contribution in [0.3, 0.4) is 0 Å². The molecule has 0 unspecified atom stereocenters. The van der Waals surface area contributed by atoms with Gasteiger partial charge < -0.3 is 9.47 Å². The Morgan fingerprint density at radius 3 is 1.86 bits per heavy atom. The zero-order valence-corrected chi connectivity index (χ0v) is 20.6. The smallest absolute Gasteiger partial charge is 0.339 e. The lowest BCUT2D eigenvalue weighted by Crippen LogP contribution is -2.34. The summed E-state index contributed by atoms with van der Waals surface area (Å²) in [4.78, 5) is 13.5. The number of rotatable bonds is 5. The minimum Gasteiger partial charge on any atom is -0.472 e. The van der Waals surface area contributed by atoms with Gasteiger partial charge >= 0.3 is 5.97 Å². The first kappa shape index (κ1) is 22.8. The van der Waals surface area contributed by atoms with E-state index in [9.17, 15) is 4.79 Å². The third kappa shape index (κ3) is 3.80. The molecule has 0 spiro atoms. The van der Waals surface area contributed by atoms with E-state index >= 15 is 0 Å². The Kier molecular flexibility index (Phi) is 5.82. The zero-order chi connectivity index (χ0) is 25.2. The highest BCUT2D eigenvalue weighted by Crippen LogP contribution is 2.49. The molecule has 0 aromatic heterocycles. The molecule has 0 aliphatic carbocycles. The fourth-order valence-corrected chi connectivity index (χ4v) is 5.26. The Morgan fingerprint density at radius 2 is 1.27 bits per heavy atom. The van der Waals surface area contributed by atoms with Crippen LogP contribution in [-0.2, 0) is 10.3 Å². The van der Waals surface area contributed by atoms with E-state index in [4.69, 9.17) is 9.47 Å². The number of hydrogen-bond donors (Lipinski definition) is 0. The lowest BCUT2D eigenvalue weighted by molar-refractivity contribution is 0.0525. The van der Waals surface area contributed by atoms with Crippen molar-refractivity contribution in [2.75, 3.05) is 6.61 Å². The van der Waals surface area contributed by atoms with E-state index < -0.39 is 5.60 Å². The van der Waals surface area contributed by atoms with Gasteiger partial charge in [-0.05, 0) is 30.0 Å². The Hall–Kier alpha value is -4.63. The Morgan fingerprint density at radius 1 is 0.730 bits per heavy atom. The van der Waals surface area contributed by atoms with E-state index in [0.29, 0.717) is 11.3 Å². The second-order valence-electron chi connectivity index (χ2n) is 9.03. The summed E-state index contributed by atoms with van der Waals surface area (Å²) >= 11 is 0. The SMILES string of the molecule is CCOC(=O)c1c2c(c3ccccc3c1-c1ccccc1)OC(c1ccccc1)(c1ccccc1)C=C2. The quantitative estimate of drug-likeness (QED) is 0.238. The number of carbonyl (C=O) groups excluding carboxylic acids is 1. The third-order valence-corrected chi connectivity index (χ3v) is 6.90. The van der Waals surface area contributed by atoms with Crippen molar-refractivity contribution >= 4 is 22.8 Å². The molecule has 0 saturated carbocycles. The summed E-state index contributed by atoms with van der Waals surface area (Å²) in [6.07, 6.45) is 4.09. The molecule has 5 aromatic carbocycles. The number of hydrogen-bond acceptors (Lipinski definition) is 3. The standard InChI is InChI=1S/C34H26O3/c1-2-36-33(35)31-29-22-23-34(25-16-8-4-9-17-25,26-18-10-5-11-19-26)37-32(29)28-21-13-12-20-27(28)30(31)24-14-6-3-7-15-24/h3-23H,2H2,1H3. The van der Waals surface area contributed by atoms with E-state index in [0.717, 1.165) is 38.6 Å². The maximum atomic E-state index is 13.5. The number of fused-ring (bicyclic) bond motifs is 3. The maximum Gasteiger partial charge on any atom is 0.339 e. The van der Waals surface area contributed by atoms with Crippen molar-refractivity contribution in [2.45, 2.75) is 12.5 Å². The van der Waals surface area contributed by atoms with Crippen molar-refractivity contribution < 1.29 is 14.3 Å². The topological polar surface area (TPSA) is 35.5 Å². The molecular weight excluding hydrogens is 456 g/mol. The lowest BCUT2D eigenvalue weighted by atomic mass is 9.81. The molecule has 0 N–H and O–H groups in total. The van der Waals surface area contributed by atoms with Gasteiger partial charge in [0.05, 0.1) is 12.2 Å². The third-order valence-electron chi connectivity index (χ3n) is 6.90. The molecular formula is C34H26O3. The van der Waals surface area contributed by atoms with Crippen LogP contribution in [0.15, 0.2) is 121 Å². The highest BCUT2D eigenvalue weighted by atomic mass is 16.5. The summed E-state index contributed by atoms with van der Waals surface area (Å²) in [5.41, 5.74) is 4.24. The second kappa shape index (κ2) is 9.44. The molecule has 1 aliphatic rings. The van der Waals surface area contributed by atoms with Crippen LogP contribution in [0.4, 0.5) is 0 Å². The summed E-state index contributed by atoms with van der Waals surface area (Å²) in [5.74, 6) is 0.317. The molecule has 0 bridgehead atoms. The van der Waals surface area contributed by atoms with Crippen LogP contribution in [0.2, 0.25) is 0 Å². The monoisotopic (exact) mass is 482 g/mol. The van der Waals surface area contributed by atoms with Crippen molar-refractivity contribution in [3.63, 3.8) is 0 Å². The van der Waals surface area contributed by atoms with Gasteiger partial charge in [0.2, 0.25) is 0 Å². The summed E-state index contributed by atoms with van der Waals surface area (Å²) in [6.45, 7) is 2.12. The molecule has 1 heterocycles. The van der Waals surface area contributed by atoms with E-state index in [1.807, 2.05) is 91.9 Å². The van der Waals surface area contributed by atoms with Crippen LogP contribution in [0.5, 0.6) is 5.75 Å². The average Bonchev–Trinajstić information content (AvgIpc) is 2.97. The number of ether oxygens (including phenoxy) is 2. The van der Waals surface area contributed by atoms with Gasteiger partial charge in [0.1, 0.15) is 5.75 Å². The molecule has 0 radical (unpaired) electrons. The largest absolute Gasteiger partial charge is 0.472 e. The van der Waals surface area contributed by atoms with Gasteiger partial charge in [-0.2, -0.15) is 0 Å². The maximum absolute atomic E-state index is 13.5. The molecule has 3 heteroatoms. The van der Waals surface area contributed by atoms with E-state index in [1.54, 1.807) is 0 Å². The van der Waals surface area contributed by atoms with Gasteiger partial charge in [-0.15, -0.1) is 0 Å². The van der Waals surface area contributed by atoms with Gasteiger partial charge in [-0.25, -0.2) is 4.79 Å². The van der Waals surface area contributed by atoms with Crippen LogP contribution in [0, 0.1) is 0 Å². The van der Waals surface area contributed by atoms with Gasteiger partial charge in [0, 0.05) is 27.6 Å². The van der Waals surface area contributed by atoms with E-state index in [1.165, 1.54) is 0 Å². The Balaban J connectivity index is 1.70. The predicted octanol–water partition coefficient (Wildman–Crippen LogP) is 8.03. The normalized spacial score (nSPS) is 13.5. The molecule has 1 aliphatic heterocycles. The van der Waals surface area contributed by atoms with Crippen molar-refractivity contribution in [3.8, 4) is 16.9 Å². The molecule has 3 nitrogen and oxygen atoms in total. The molecule has 0 amide bonds. The molecule has 0 saturated heterocycles. The first-order chi connectivity index (χ1) is 18.2. The summed E-state index contributed by atoms with van der Waals surface area (Å²) in [5, 5.41) is 1.89. The number of esters is 1. The second-order valence-corrected chi connectivity index (χ2v) is 9.03. The van der Waals surface area contributed by atoms with Gasteiger partial charge in [-0.1, -0.05) is 115 Å². The van der Waals surface area contributed by atoms with Crippen LogP contribution >= 0.6 is 0 Å².